The Bertz CT molecular complexity index is 1190. The lowest BCUT2D eigenvalue weighted by molar-refractivity contribution is -0.142. The summed E-state index contributed by atoms with van der Waals surface area (Å²) in [4.78, 5) is 34.7. The first-order valence-electron chi connectivity index (χ1n) is 14.3. The molecule has 3 atom stereocenters. The molecule has 2 amide bonds. The summed E-state index contributed by atoms with van der Waals surface area (Å²) in [6.07, 6.45) is 5.41. The zero-order valence-electron chi connectivity index (χ0n) is 22.8. The molecule has 2 aliphatic carbocycles. The van der Waals surface area contributed by atoms with Crippen molar-refractivity contribution in [2.24, 2.45) is 11.8 Å². The number of carbonyl (C=O) groups excluding carboxylic acids is 2. The van der Waals surface area contributed by atoms with E-state index < -0.39 is 11.9 Å². The lowest BCUT2D eigenvalue weighted by Gasteiger charge is -2.45. The van der Waals surface area contributed by atoms with Crippen molar-refractivity contribution in [3.05, 3.63) is 47.0 Å². The Morgan fingerprint density at radius 1 is 1.03 bits per heavy atom. The molecular weight excluding hydrogens is 507 g/mol. The van der Waals surface area contributed by atoms with Crippen LogP contribution in [0.2, 0.25) is 0 Å². The fraction of sp³-hybridized carbons (Fsp3) is 0.655. The topological polar surface area (TPSA) is 71.3 Å². The average Bonchev–Trinajstić information content (AvgIpc) is 3.32. The summed E-state index contributed by atoms with van der Waals surface area (Å²) in [7, 11) is 1.93. The van der Waals surface area contributed by atoms with Crippen LogP contribution in [0.15, 0.2) is 24.3 Å². The maximum Gasteiger partial charge on any atom is 0.435 e. The van der Waals surface area contributed by atoms with Gasteiger partial charge in [0.25, 0.3) is 5.91 Å². The third kappa shape index (κ3) is 5.99. The molecule has 212 valence electrons. The molecule has 1 saturated heterocycles. The normalized spacial score (nSPS) is 24.3. The Morgan fingerprint density at radius 3 is 2.46 bits per heavy atom. The van der Waals surface area contributed by atoms with Crippen LogP contribution in [0.3, 0.4) is 0 Å². The average molecular weight is 546 g/mol. The van der Waals surface area contributed by atoms with Crippen molar-refractivity contribution in [2.75, 3.05) is 20.1 Å². The number of likely N-dealkylation sites (tertiary alicyclic amines) is 1. The van der Waals surface area contributed by atoms with Crippen LogP contribution < -0.4 is 0 Å². The van der Waals surface area contributed by atoms with Crippen molar-refractivity contribution in [3.8, 4) is 0 Å². The lowest BCUT2D eigenvalue weighted by Crippen LogP contribution is -2.47. The zero-order chi connectivity index (χ0) is 27.7. The Labute approximate surface area is 227 Å². The number of hydrogen-bond donors (Lipinski definition) is 0. The highest BCUT2D eigenvalue weighted by Gasteiger charge is 2.39. The molecular formula is C29H38F3N5O2. The molecule has 39 heavy (non-hydrogen) atoms. The van der Waals surface area contributed by atoms with Gasteiger partial charge in [0.2, 0.25) is 5.91 Å². The predicted octanol–water partition coefficient (Wildman–Crippen LogP) is 5.44. The standard InChI is InChI=1S/C29H38F3N5O2/c1-19-17-26(29(30,31)32)34-37(19)18-27(38)36-15-13-21(14-16-36)23-10-6-11-24(33-23)28(39)35(2)25-12-5-8-20-7-3-4-9-22(20)25/h6,10-11,17,20-22,25H,3-5,7-9,12-16,18H2,1-2H3. The number of aryl methyl sites for hydroxylation is 1. The van der Waals surface area contributed by atoms with Gasteiger partial charge in [0.05, 0.1) is 0 Å². The van der Waals surface area contributed by atoms with Crippen molar-refractivity contribution < 1.29 is 22.8 Å². The second-order valence-electron chi connectivity index (χ2n) is 11.6. The van der Waals surface area contributed by atoms with Gasteiger partial charge in [-0.15, -0.1) is 0 Å². The van der Waals surface area contributed by atoms with E-state index in [-0.39, 0.29) is 30.3 Å². The van der Waals surface area contributed by atoms with Gasteiger partial charge in [-0.1, -0.05) is 38.2 Å². The van der Waals surface area contributed by atoms with Gasteiger partial charge in [-0.3, -0.25) is 14.3 Å². The summed E-state index contributed by atoms with van der Waals surface area (Å²) in [5.41, 5.74) is 0.646. The van der Waals surface area contributed by atoms with E-state index in [9.17, 15) is 22.8 Å². The zero-order valence-corrected chi connectivity index (χ0v) is 22.8. The molecule has 3 fully saturated rings. The third-order valence-corrected chi connectivity index (χ3v) is 9.17. The molecule has 7 nitrogen and oxygen atoms in total. The van der Waals surface area contributed by atoms with E-state index >= 15 is 0 Å². The van der Waals surface area contributed by atoms with E-state index in [1.807, 2.05) is 24.1 Å². The Morgan fingerprint density at radius 2 is 1.74 bits per heavy atom. The first-order valence-corrected chi connectivity index (χ1v) is 14.3. The monoisotopic (exact) mass is 545 g/mol. The second-order valence-corrected chi connectivity index (χ2v) is 11.6. The van der Waals surface area contributed by atoms with Crippen molar-refractivity contribution in [2.45, 2.75) is 89.4 Å². The summed E-state index contributed by atoms with van der Waals surface area (Å²) in [5.74, 6) is 1.18. The van der Waals surface area contributed by atoms with Gasteiger partial charge in [-0.2, -0.15) is 18.3 Å². The molecule has 0 N–H and O–H groups in total. The minimum Gasteiger partial charge on any atom is -0.341 e. The van der Waals surface area contributed by atoms with Crippen LogP contribution in [-0.4, -0.2) is 62.6 Å². The molecule has 0 aromatic carbocycles. The highest BCUT2D eigenvalue weighted by atomic mass is 19.4. The molecule has 1 aliphatic heterocycles. The first kappa shape index (κ1) is 27.6. The minimum absolute atomic E-state index is 0.0199. The summed E-state index contributed by atoms with van der Waals surface area (Å²) in [6, 6.07) is 6.87. The van der Waals surface area contributed by atoms with Gasteiger partial charge in [-0.25, -0.2) is 4.98 Å². The van der Waals surface area contributed by atoms with E-state index in [0.29, 0.717) is 43.2 Å². The van der Waals surface area contributed by atoms with Gasteiger partial charge >= 0.3 is 6.18 Å². The van der Waals surface area contributed by atoms with E-state index in [1.54, 1.807) is 11.0 Å². The molecule has 3 aliphatic rings. The number of hydrogen-bond acceptors (Lipinski definition) is 4. The lowest BCUT2D eigenvalue weighted by atomic mass is 9.68. The van der Waals surface area contributed by atoms with E-state index in [4.69, 9.17) is 4.98 Å². The summed E-state index contributed by atoms with van der Waals surface area (Å²) < 4.78 is 40.0. The van der Waals surface area contributed by atoms with Crippen LogP contribution in [0.25, 0.3) is 0 Å². The number of rotatable bonds is 5. The van der Waals surface area contributed by atoms with Crippen LogP contribution in [0.1, 0.15) is 91.3 Å². The number of fused-ring (bicyclic) bond motifs is 1. The number of nitrogens with zero attached hydrogens (tertiary/aromatic N) is 5. The largest absolute Gasteiger partial charge is 0.435 e. The summed E-state index contributed by atoms with van der Waals surface area (Å²) in [6.45, 7) is 2.27. The molecule has 3 heterocycles. The molecule has 0 spiro atoms. The minimum atomic E-state index is -4.54. The van der Waals surface area contributed by atoms with Crippen molar-refractivity contribution in [3.63, 3.8) is 0 Å². The molecule has 2 saturated carbocycles. The Kier molecular flexibility index (Phi) is 8.01. The van der Waals surface area contributed by atoms with E-state index in [2.05, 4.69) is 5.10 Å². The SMILES string of the molecule is Cc1cc(C(F)(F)F)nn1CC(=O)N1CCC(c2cccc(C(=O)N(C)C3CCCC4CCCCC43)n2)CC1. The number of alkyl halides is 3. The molecule has 3 unspecified atom stereocenters. The highest BCUT2D eigenvalue weighted by molar-refractivity contribution is 5.92. The number of amides is 2. The highest BCUT2D eigenvalue weighted by Crippen LogP contribution is 2.42. The Balaban J connectivity index is 1.19. The van der Waals surface area contributed by atoms with Crippen molar-refractivity contribution >= 4 is 11.8 Å². The maximum atomic E-state index is 13.5. The summed E-state index contributed by atoms with van der Waals surface area (Å²) >= 11 is 0. The summed E-state index contributed by atoms with van der Waals surface area (Å²) in [5, 5.41) is 3.57. The quantitative estimate of drug-likeness (QED) is 0.502. The van der Waals surface area contributed by atoms with E-state index in [1.165, 1.54) is 45.4 Å². The predicted molar refractivity (Wildman–Crippen MR) is 140 cm³/mol. The molecule has 0 radical (unpaired) electrons. The second kappa shape index (κ2) is 11.3. The van der Waals surface area contributed by atoms with Crippen molar-refractivity contribution in [1.29, 1.82) is 0 Å². The van der Waals surface area contributed by atoms with Gasteiger partial charge in [0.1, 0.15) is 12.2 Å². The fourth-order valence-corrected chi connectivity index (χ4v) is 6.98. The molecule has 5 rings (SSSR count). The van der Waals surface area contributed by atoms with Crippen LogP contribution >= 0.6 is 0 Å². The number of aromatic nitrogens is 3. The molecule has 2 aromatic heterocycles. The number of halogens is 3. The van der Waals surface area contributed by atoms with E-state index in [0.717, 1.165) is 28.8 Å². The van der Waals surface area contributed by atoms with Crippen molar-refractivity contribution in [1.82, 2.24) is 24.6 Å². The maximum absolute atomic E-state index is 13.5. The van der Waals surface area contributed by atoms with Crippen LogP contribution in [0.4, 0.5) is 13.2 Å². The van der Waals surface area contributed by atoms with Crippen LogP contribution in [0, 0.1) is 18.8 Å². The van der Waals surface area contributed by atoms with Gasteiger partial charge in [-0.05, 0) is 62.6 Å². The fourth-order valence-electron chi connectivity index (χ4n) is 6.98. The number of pyridine rings is 1. The van der Waals surface area contributed by atoms with Crippen LogP contribution in [0.5, 0.6) is 0 Å². The van der Waals surface area contributed by atoms with Crippen LogP contribution in [-0.2, 0) is 17.5 Å². The number of carbonyl (C=O) groups is 2. The van der Waals surface area contributed by atoms with Gasteiger partial charge < -0.3 is 9.80 Å². The molecule has 0 bridgehead atoms. The third-order valence-electron chi connectivity index (χ3n) is 9.17. The van der Waals surface area contributed by atoms with Gasteiger partial charge in [0.15, 0.2) is 5.69 Å². The molecule has 10 heteroatoms. The Hall–Kier alpha value is -2.91. The smallest absolute Gasteiger partial charge is 0.341 e. The van der Waals surface area contributed by atoms with Gasteiger partial charge in [0, 0.05) is 43.5 Å². The first-order chi connectivity index (χ1) is 18.6. The number of piperidine rings is 1. The molecule has 2 aromatic rings.